The van der Waals surface area contributed by atoms with Gasteiger partial charge in [-0.3, -0.25) is 0 Å². The predicted molar refractivity (Wildman–Crippen MR) is 75.5 cm³/mol. The van der Waals surface area contributed by atoms with Gasteiger partial charge < -0.3 is 4.90 Å². The largest absolute Gasteiger partial charge is 0.303 e. The van der Waals surface area contributed by atoms with Gasteiger partial charge in [0.15, 0.2) is 0 Å². The van der Waals surface area contributed by atoms with E-state index in [1.54, 1.807) is 0 Å². The first-order valence-corrected chi connectivity index (χ1v) is 6.08. The van der Waals surface area contributed by atoms with Crippen molar-refractivity contribution < 1.29 is 7.13 Å². The molecule has 98 valence electrons. The Bertz CT molecular complexity index is 184. The smallest absolute Gasteiger partial charge is 0.0270 e. The minimum absolute atomic E-state index is 0. The molecule has 0 heterocycles. The van der Waals surface area contributed by atoms with Gasteiger partial charge in [-0.05, 0) is 44.4 Å². The molecule has 0 aliphatic rings. The van der Waals surface area contributed by atoms with Crippen LogP contribution in [0.25, 0.3) is 10.4 Å². The second-order valence-corrected chi connectivity index (χ2v) is 3.86. The van der Waals surface area contributed by atoms with E-state index in [4.69, 9.17) is 5.53 Å². The van der Waals surface area contributed by atoms with Gasteiger partial charge in [0.05, 0.1) is 0 Å². The van der Waals surface area contributed by atoms with Gasteiger partial charge in [0.1, 0.15) is 0 Å². The van der Waals surface area contributed by atoms with E-state index in [0.717, 1.165) is 13.0 Å². The fraction of sp³-hybridized carbons (Fsp3) is 1.00. The molecule has 0 radical (unpaired) electrons. The van der Waals surface area contributed by atoms with Crippen molar-refractivity contribution in [1.82, 2.24) is 4.90 Å². The number of hydrogen-bond acceptors (Lipinski definition) is 2. The highest BCUT2D eigenvalue weighted by Crippen LogP contribution is 2.00. The van der Waals surface area contributed by atoms with Gasteiger partial charge in [-0.1, -0.05) is 31.8 Å². The first-order valence-electron chi connectivity index (χ1n) is 6.08. The molecule has 0 saturated carbocycles. The summed E-state index contributed by atoms with van der Waals surface area (Å²) in [6, 6.07) is 0. The maximum atomic E-state index is 8.16. The van der Waals surface area contributed by atoms with Gasteiger partial charge in [-0.25, -0.2) is 0 Å². The monoisotopic (exact) mass is 222 g/mol. The lowest BCUT2D eigenvalue weighted by molar-refractivity contribution is 0.263. The topological polar surface area (TPSA) is 52.0 Å². The number of azide groups is 1. The Kier molecular flexibility index (Phi) is 10.8. The molecular weight excluding hydrogens is 188 g/mol. The van der Waals surface area contributed by atoms with Crippen molar-refractivity contribution in [3.8, 4) is 0 Å². The Labute approximate surface area is 101 Å². The molecular formula is C11H34N4. The van der Waals surface area contributed by atoms with E-state index in [9.17, 15) is 0 Å². The van der Waals surface area contributed by atoms with Crippen molar-refractivity contribution in [1.29, 1.82) is 0 Å². The molecule has 0 atom stereocenters. The summed E-state index contributed by atoms with van der Waals surface area (Å²) in [5, 5.41) is 3.56. The Morgan fingerprint density at radius 1 is 1.07 bits per heavy atom. The highest BCUT2D eigenvalue weighted by atomic mass is 15.1. The summed E-state index contributed by atoms with van der Waals surface area (Å²) in [6.07, 6.45) is 6.02. The summed E-state index contributed by atoms with van der Waals surface area (Å²) < 4.78 is 0. The molecule has 0 unspecified atom stereocenters. The summed E-state index contributed by atoms with van der Waals surface area (Å²) in [6.45, 7) is 8.51. The van der Waals surface area contributed by atoms with Gasteiger partial charge in [0.25, 0.3) is 0 Å². The van der Waals surface area contributed by atoms with E-state index in [1.807, 2.05) is 0 Å². The van der Waals surface area contributed by atoms with E-state index in [1.165, 1.54) is 38.8 Å². The van der Waals surface area contributed by atoms with Crippen LogP contribution in [0, 0.1) is 0 Å². The second kappa shape index (κ2) is 11.3. The quantitative estimate of drug-likeness (QED) is 0.226. The number of unbranched alkanes of at least 4 members (excludes halogenated alkanes) is 2. The fourth-order valence-corrected chi connectivity index (χ4v) is 1.51. The van der Waals surface area contributed by atoms with Crippen LogP contribution < -0.4 is 0 Å². The van der Waals surface area contributed by atoms with Crippen molar-refractivity contribution in [2.75, 3.05) is 26.2 Å². The third kappa shape index (κ3) is 9.57. The van der Waals surface area contributed by atoms with Crippen LogP contribution >= 0.6 is 0 Å². The molecule has 0 amide bonds. The lowest BCUT2D eigenvalue weighted by atomic mass is 10.2. The predicted octanol–water partition coefficient (Wildman–Crippen LogP) is 4.82. The first-order chi connectivity index (χ1) is 7.35. The maximum absolute atomic E-state index is 8.16. The van der Waals surface area contributed by atoms with Crippen molar-refractivity contribution >= 4 is 0 Å². The molecule has 0 saturated heterocycles. The minimum atomic E-state index is 0. The molecule has 0 bridgehead atoms. The highest BCUT2D eigenvalue weighted by Gasteiger charge is 2.02. The Balaban J connectivity index is -0.0000000980. The van der Waals surface area contributed by atoms with Crippen LogP contribution in [0.4, 0.5) is 0 Å². The summed E-state index contributed by atoms with van der Waals surface area (Å²) in [4.78, 5) is 5.25. The van der Waals surface area contributed by atoms with E-state index in [2.05, 4.69) is 28.8 Å². The van der Waals surface area contributed by atoms with Gasteiger partial charge >= 0.3 is 0 Å². The van der Waals surface area contributed by atoms with Crippen molar-refractivity contribution in [3.05, 3.63) is 10.4 Å². The van der Waals surface area contributed by atoms with Gasteiger partial charge in [-0.2, -0.15) is 0 Å². The van der Waals surface area contributed by atoms with Crippen LogP contribution in [-0.2, 0) is 0 Å². The molecule has 0 aromatic rings. The molecule has 0 fully saturated rings. The number of rotatable bonds is 10. The standard InChI is InChI=1S/C11H24N4.5H2/c1-3-5-9-15(10-6-4-2)11-7-8-13-14-12;;;;;/h3-11H2,1-2H3;5*1H. The lowest BCUT2D eigenvalue weighted by Gasteiger charge is -2.21. The molecule has 0 aliphatic heterocycles. The van der Waals surface area contributed by atoms with Gasteiger partial charge in [0, 0.05) is 18.6 Å². The number of nitrogens with zero attached hydrogens (tertiary/aromatic N) is 4. The normalized spacial score (nSPS) is 10.3. The first kappa shape index (κ1) is 14.3. The average Bonchev–Trinajstić information content (AvgIpc) is 2.27. The molecule has 0 rings (SSSR count). The van der Waals surface area contributed by atoms with E-state index in [-0.39, 0.29) is 7.13 Å². The second-order valence-electron chi connectivity index (χ2n) is 3.86. The lowest BCUT2D eigenvalue weighted by Crippen LogP contribution is -2.27. The summed E-state index contributed by atoms with van der Waals surface area (Å²) in [5.74, 6) is 0. The van der Waals surface area contributed by atoms with Crippen LogP contribution in [0.5, 0.6) is 0 Å². The molecule has 0 aromatic heterocycles. The minimum Gasteiger partial charge on any atom is -0.303 e. The van der Waals surface area contributed by atoms with E-state index in [0.29, 0.717) is 6.54 Å². The molecule has 0 aliphatic carbocycles. The van der Waals surface area contributed by atoms with E-state index >= 15 is 0 Å². The van der Waals surface area contributed by atoms with Crippen molar-refractivity contribution in [2.45, 2.75) is 46.0 Å². The Hall–Kier alpha value is -0.730. The molecule has 15 heavy (non-hydrogen) atoms. The molecule has 4 nitrogen and oxygen atoms in total. The van der Waals surface area contributed by atoms with Crippen molar-refractivity contribution in [2.24, 2.45) is 5.11 Å². The zero-order valence-electron chi connectivity index (χ0n) is 10.2. The van der Waals surface area contributed by atoms with Crippen LogP contribution in [-0.4, -0.2) is 31.1 Å². The third-order valence-electron chi connectivity index (χ3n) is 2.45. The SMILES string of the molecule is CCCCN(CCCC)CCCN=[N+]=[N-].[HH].[HH].[HH].[HH].[HH]. The summed E-state index contributed by atoms with van der Waals surface area (Å²) in [5.41, 5.74) is 8.16. The molecule has 0 spiro atoms. The highest BCUT2D eigenvalue weighted by molar-refractivity contribution is 4.59. The zero-order valence-corrected chi connectivity index (χ0v) is 10.2. The fourth-order valence-electron chi connectivity index (χ4n) is 1.51. The number of hydrogen-bond donors (Lipinski definition) is 0. The van der Waals surface area contributed by atoms with Crippen molar-refractivity contribution in [3.63, 3.8) is 0 Å². The van der Waals surface area contributed by atoms with Gasteiger partial charge in [0.2, 0.25) is 0 Å². The maximum Gasteiger partial charge on any atom is 0.0270 e. The Morgan fingerprint density at radius 2 is 1.60 bits per heavy atom. The van der Waals surface area contributed by atoms with Crippen LogP contribution in [0.15, 0.2) is 5.11 Å². The van der Waals surface area contributed by atoms with E-state index < -0.39 is 0 Å². The zero-order chi connectivity index (χ0) is 11.4. The molecule has 0 N–H and O–H groups in total. The van der Waals surface area contributed by atoms with Gasteiger partial charge in [-0.15, -0.1) is 0 Å². The molecule has 0 aromatic carbocycles. The third-order valence-corrected chi connectivity index (χ3v) is 2.45. The van der Waals surface area contributed by atoms with Crippen LogP contribution in [0.3, 0.4) is 0 Å². The average molecular weight is 222 g/mol. The molecule has 4 heteroatoms. The summed E-state index contributed by atoms with van der Waals surface area (Å²) >= 11 is 0. The van der Waals surface area contributed by atoms with Crippen LogP contribution in [0.2, 0.25) is 0 Å². The Morgan fingerprint density at radius 3 is 2.07 bits per heavy atom. The van der Waals surface area contributed by atoms with Crippen LogP contribution in [0.1, 0.15) is 53.1 Å². The summed E-state index contributed by atoms with van der Waals surface area (Å²) in [7, 11) is 0.